The maximum Gasteiger partial charge on any atom is 0.233 e. The van der Waals surface area contributed by atoms with Crippen LogP contribution in [-0.2, 0) is 20.9 Å². The molecular weight excluding hydrogens is 330 g/mol. The Kier molecular flexibility index (Phi) is 5.59. The summed E-state index contributed by atoms with van der Waals surface area (Å²) in [5, 5.41) is 2.86. The van der Waals surface area contributed by atoms with E-state index in [1.165, 1.54) is 4.90 Å². The lowest BCUT2D eigenvalue weighted by atomic mass is 9.81. The first-order valence-corrected chi connectivity index (χ1v) is 9.35. The number of imide groups is 1. The first-order valence-electron chi connectivity index (χ1n) is 9.35. The zero-order chi connectivity index (χ0) is 18.7. The number of amides is 3. The van der Waals surface area contributed by atoms with Crippen LogP contribution in [-0.4, -0.2) is 43.3 Å². The third-order valence-electron chi connectivity index (χ3n) is 5.44. The Morgan fingerprint density at radius 3 is 2.19 bits per heavy atom. The number of carbonyl (C=O) groups is 3. The second-order valence-corrected chi connectivity index (χ2v) is 7.41. The molecule has 2 fully saturated rings. The van der Waals surface area contributed by atoms with E-state index in [9.17, 15) is 14.4 Å². The zero-order valence-corrected chi connectivity index (χ0v) is 15.5. The summed E-state index contributed by atoms with van der Waals surface area (Å²) in [6.07, 6.45) is 3.80. The Bertz CT molecular complexity index is 660. The molecule has 0 bridgehead atoms. The van der Waals surface area contributed by atoms with E-state index in [4.69, 9.17) is 0 Å². The van der Waals surface area contributed by atoms with Gasteiger partial charge in [-0.2, -0.15) is 0 Å². The van der Waals surface area contributed by atoms with Gasteiger partial charge in [0, 0.05) is 39.3 Å². The molecule has 2 aliphatic rings. The van der Waals surface area contributed by atoms with Crippen LogP contribution in [0.2, 0.25) is 0 Å². The lowest BCUT2D eigenvalue weighted by Gasteiger charge is -2.19. The lowest BCUT2D eigenvalue weighted by Crippen LogP contribution is -2.35. The molecule has 1 N–H and O–H groups in total. The van der Waals surface area contributed by atoms with Gasteiger partial charge in [0.2, 0.25) is 17.7 Å². The Morgan fingerprint density at radius 2 is 1.65 bits per heavy atom. The maximum atomic E-state index is 12.4. The van der Waals surface area contributed by atoms with E-state index in [-0.39, 0.29) is 42.5 Å². The van der Waals surface area contributed by atoms with Gasteiger partial charge < -0.3 is 10.2 Å². The highest BCUT2D eigenvalue weighted by Gasteiger charge is 2.47. The highest BCUT2D eigenvalue weighted by Crippen LogP contribution is 2.37. The van der Waals surface area contributed by atoms with Crippen LogP contribution in [0.1, 0.15) is 37.7 Å². The van der Waals surface area contributed by atoms with Crippen LogP contribution in [0, 0.1) is 11.8 Å². The fraction of sp³-hybridized carbons (Fsp3) is 0.550. The quantitative estimate of drug-likeness (QED) is 0.790. The van der Waals surface area contributed by atoms with Crippen molar-refractivity contribution in [3.8, 4) is 0 Å². The molecule has 0 unspecified atom stereocenters. The molecule has 6 nitrogen and oxygen atoms in total. The molecule has 1 aliphatic carbocycles. The molecule has 0 aromatic heterocycles. The van der Waals surface area contributed by atoms with Gasteiger partial charge >= 0.3 is 0 Å². The Morgan fingerprint density at radius 1 is 1.08 bits per heavy atom. The largest absolute Gasteiger partial charge is 0.378 e. The normalized spacial score (nSPS) is 22.3. The van der Waals surface area contributed by atoms with Gasteiger partial charge in [0.05, 0.1) is 11.8 Å². The number of likely N-dealkylation sites (tertiary alicyclic amines) is 1. The highest BCUT2D eigenvalue weighted by atomic mass is 16.2. The maximum absolute atomic E-state index is 12.4. The number of rotatable bonds is 6. The molecule has 1 saturated heterocycles. The summed E-state index contributed by atoms with van der Waals surface area (Å²) in [5.41, 5.74) is 2.12. The van der Waals surface area contributed by atoms with Crippen molar-refractivity contribution in [1.29, 1.82) is 0 Å². The van der Waals surface area contributed by atoms with Gasteiger partial charge in [-0.25, -0.2) is 0 Å². The molecule has 2 atom stereocenters. The first kappa shape index (κ1) is 18.4. The van der Waals surface area contributed by atoms with Crippen LogP contribution >= 0.6 is 0 Å². The molecule has 26 heavy (non-hydrogen) atoms. The summed E-state index contributed by atoms with van der Waals surface area (Å²) in [5.74, 6) is -0.584. The molecule has 3 amide bonds. The monoisotopic (exact) mass is 357 g/mol. The Hall–Kier alpha value is -2.37. The van der Waals surface area contributed by atoms with Crippen molar-refractivity contribution in [1.82, 2.24) is 10.2 Å². The molecule has 1 heterocycles. The summed E-state index contributed by atoms with van der Waals surface area (Å²) in [6.45, 7) is 0.635. The number of hydrogen-bond acceptors (Lipinski definition) is 4. The topological polar surface area (TPSA) is 69.7 Å². The summed E-state index contributed by atoms with van der Waals surface area (Å²) in [6, 6.07) is 7.97. The molecule has 6 heteroatoms. The number of anilines is 1. The highest BCUT2D eigenvalue weighted by molar-refractivity contribution is 6.05. The number of fused-ring (bicyclic) bond motifs is 1. The van der Waals surface area contributed by atoms with Crippen molar-refractivity contribution < 1.29 is 14.4 Å². The van der Waals surface area contributed by atoms with Crippen molar-refractivity contribution in [2.75, 3.05) is 25.5 Å². The van der Waals surface area contributed by atoms with Crippen LogP contribution in [0.5, 0.6) is 0 Å². The van der Waals surface area contributed by atoms with Gasteiger partial charge in [-0.3, -0.25) is 19.3 Å². The number of benzene rings is 1. The molecule has 3 rings (SSSR count). The molecular formula is C20H27N3O3. The third-order valence-corrected chi connectivity index (χ3v) is 5.44. The average Bonchev–Trinajstić information content (AvgIpc) is 2.89. The van der Waals surface area contributed by atoms with Gasteiger partial charge in [0.25, 0.3) is 0 Å². The van der Waals surface area contributed by atoms with E-state index in [0.29, 0.717) is 6.54 Å². The van der Waals surface area contributed by atoms with E-state index < -0.39 is 0 Å². The predicted octanol–water partition coefficient (Wildman–Crippen LogP) is 1.93. The van der Waals surface area contributed by atoms with E-state index in [0.717, 1.165) is 36.9 Å². The molecule has 0 radical (unpaired) electrons. The number of nitrogens with zero attached hydrogens (tertiary/aromatic N) is 2. The van der Waals surface area contributed by atoms with E-state index >= 15 is 0 Å². The van der Waals surface area contributed by atoms with E-state index in [1.807, 2.05) is 43.3 Å². The minimum atomic E-state index is -0.144. The molecule has 1 saturated carbocycles. The molecule has 140 valence electrons. The molecule has 0 spiro atoms. The zero-order valence-electron chi connectivity index (χ0n) is 15.5. The van der Waals surface area contributed by atoms with E-state index in [2.05, 4.69) is 5.32 Å². The average molecular weight is 357 g/mol. The molecule has 1 aromatic carbocycles. The first-order chi connectivity index (χ1) is 12.5. The van der Waals surface area contributed by atoms with Crippen molar-refractivity contribution in [2.45, 2.75) is 38.6 Å². The minimum absolute atomic E-state index is 0.0771. The molecule has 1 aromatic rings. The van der Waals surface area contributed by atoms with Gasteiger partial charge in [0.1, 0.15) is 0 Å². The fourth-order valence-corrected chi connectivity index (χ4v) is 3.87. The van der Waals surface area contributed by atoms with Crippen molar-refractivity contribution in [2.24, 2.45) is 11.8 Å². The SMILES string of the molecule is CN(C)c1ccc(CNC(=O)CCN2C(=O)[C@H]3CCCC[C@H]3C2=O)cc1. The van der Waals surface area contributed by atoms with Crippen LogP contribution in [0.4, 0.5) is 5.69 Å². The second-order valence-electron chi connectivity index (χ2n) is 7.41. The van der Waals surface area contributed by atoms with Crippen molar-refractivity contribution in [3.05, 3.63) is 29.8 Å². The van der Waals surface area contributed by atoms with Crippen LogP contribution in [0.15, 0.2) is 24.3 Å². The number of hydrogen-bond donors (Lipinski definition) is 1. The Labute approximate surface area is 154 Å². The summed E-state index contributed by atoms with van der Waals surface area (Å²) in [7, 11) is 3.96. The van der Waals surface area contributed by atoms with Gasteiger partial charge in [-0.15, -0.1) is 0 Å². The van der Waals surface area contributed by atoms with Crippen LogP contribution in [0.3, 0.4) is 0 Å². The third kappa shape index (κ3) is 3.89. The minimum Gasteiger partial charge on any atom is -0.378 e. The summed E-state index contributed by atoms with van der Waals surface area (Å²) in [4.78, 5) is 40.2. The summed E-state index contributed by atoms with van der Waals surface area (Å²) < 4.78 is 0. The fourth-order valence-electron chi connectivity index (χ4n) is 3.87. The predicted molar refractivity (Wildman–Crippen MR) is 99.4 cm³/mol. The lowest BCUT2D eigenvalue weighted by molar-refractivity contribution is -0.140. The molecule has 1 aliphatic heterocycles. The van der Waals surface area contributed by atoms with E-state index in [1.54, 1.807) is 0 Å². The van der Waals surface area contributed by atoms with Gasteiger partial charge in [-0.05, 0) is 30.5 Å². The standard InChI is InChI=1S/C20H27N3O3/c1-22(2)15-9-7-14(8-10-15)13-21-18(24)11-12-23-19(25)16-5-3-4-6-17(16)20(23)26/h7-10,16-17H,3-6,11-13H2,1-2H3,(H,21,24)/t16-,17+. The van der Waals surface area contributed by atoms with Crippen molar-refractivity contribution >= 4 is 23.4 Å². The van der Waals surface area contributed by atoms with Crippen molar-refractivity contribution in [3.63, 3.8) is 0 Å². The van der Waals surface area contributed by atoms with Crippen LogP contribution < -0.4 is 10.2 Å². The van der Waals surface area contributed by atoms with Gasteiger partial charge in [-0.1, -0.05) is 25.0 Å². The number of nitrogens with one attached hydrogen (secondary N) is 1. The summed E-state index contributed by atoms with van der Waals surface area (Å²) >= 11 is 0. The number of carbonyl (C=O) groups excluding carboxylic acids is 3. The smallest absolute Gasteiger partial charge is 0.233 e. The Balaban J connectivity index is 1.46. The van der Waals surface area contributed by atoms with Gasteiger partial charge in [0.15, 0.2) is 0 Å². The second kappa shape index (κ2) is 7.89. The van der Waals surface area contributed by atoms with Crippen LogP contribution in [0.25, 0.3) is 0 Å².